The Balaban J connectivity index is 1.95. The Morgan fingerprint density at radius 2 is 1.60 bits per heavy atom. The molecule has 3 rings (SSSR count). The molecule has 0 radical (unpaired) electrons. The van der Waals surface area contributed by atoms with Crippen LogP contribution in [-0.2, 0) is 28.6 Å². The molecule has 7 heteroatoms. The van der Waals surface area contributed by atoms with Crippen molar-refractivity contribution in [1.29, 1.82) is 0 Å². The van der Waals surface area contributed by atoms with Gasteiger partial charge in [-0.1, -0.05) is 73.5 Å². The molecule has 0 amide bonds. The molecule has 1 heterocycles. The van der Waals surface area contributed by atoms with E-state index in [1.165, 1.54) is 0 Å². The first-order valence-electron chi connectivity index (χ1n) is 10.2. The Hall–Kier alpha value is -2.51. The van der Waals surface area contributed by atoms with Crippen LogP contribution in [0, 0.1) is 19.8 Å². The van der Waals surface area contributed by atoms with E-state index < -0.39 is 15.9 Å². The van der Waals surface area contributed by atoms with Gasteiger partial charge in [0.1, 0.15) is 0 Å². The van der Waals surface area contributed by atoms with Crippen LogP contribution in [0.2, 0.25) is 0 Å². The van der Waals surface area contributed by atoms with Gasteiger partial charge in [-0.05, 0) is 37.3 Å². The summed E-state index contributed by atoms with van der Waals surface area (Å²) in [4.78, 5) is 0. The van der Waals surface area contributed by atoms with E-state index in [4.69, 9.17) is 5.73 Å². The summed E-state index contributed by atoms with van der Waals surface area (Å²) in [5.74, 6) is 0.616. The molecule has 0 aliphatic rings. The van der Waals surface area contributed by atoms with Gasteiger partial charge in [-0.25, -0.2) is 8.42 Å². The third kappa shape index (κ3) is 5.34. The minimum absolute atomic E-state index is 0.00568. The maximum atomic E-state index is 13.3. The average molecular weight is 427 g/mol. The van der Waals surface area contributed by atoms with Crippen molar-refractivity contribution in [1.82, 2.24) is 14.8 Å². The van der Waals surface area contributed by atoms with Crippen LogP contribution in [0.1, 0.15) is 48.0 Å². The van der Waals surface area contributed by atoms with Gasteiger partial charge in [0.25, 0.3) is 0 Å². The zero-order valence-electron chi connectivity index (χ0n) is 18.0. The molecule has 1 atom stereocenters. The maximum Gasteiger partial charge on any atom is 0.250 e. The monoisotopic (exact) mass is 426 g/mol. The van der Waals surface area contributed by atoms with E-state index >= 15 is 0 Å². The van der Waals surface area contributed by atoms with Crippen LogP contribution < -0.4 is 5.73 Å². The fourth-order valence-corrected chi connectivity index (χ4v) is 5.14. The second kappa shape index (κ2) is 9.10. The summed E-state index contributed by atoms with van der Waals surface area (Å²) in [5, 5.41) is 8.30. The van der Waals surface area contributed by atoms with E-state index in [-0.39, 0.29) is 16.8 Å². The second-order valence-electron chi connectivity index (χ2n) is 8.40. The van der Waals surface area contributed by atoms with Crippen LogP contribution in [0.4, 0.5) is 0 Å². The molecule has 0 saturated heterocycles. The molecule has 2 N–H and O–H groups in total. The summed E-state index contributed by atoms with van der Waals surface area (Å²) in [7, 11) is -3.67. The van der Waals surface area contributed by atoms with Crippen molar-refractivity contribution >= 4 is 9.84 Å². The van der Waals surface area contributed by atoms with E-state index in [2.05, 4.69) is 10.2 Å². The number of nitrogens with two attached hydrogens (primary N) is 1. The van der Waals surface area contributed by atoms with Crippen molar-refractivity contribution in [2.45, 2.75) is 57.6 Å². The van der Waals surface area contributed by atoms with Crippen LogP contribution in [0.25, 0.3) is 0 Å². The first-order chi connectivity index (χ1) is 14.2. The molecular weight excluding hydrogens is 396 g/mol. The predicted octanol–water partition coefficient (Wildman–Crippen LogP) is 3.77. The number of benzene rings is 2. The highest BCUT2D eigenvalue weighted by Gasteiger charge is 2.28. The van der Waals surface area contributed by atoms with E-state index in [1.54, 1.807) is 4.57 Å². The van der Waals surface area contributed by atoms with Crippen molar-refractivity contribution in [3.05, 3.63) is 76.6 Å². The Bertz CT molecular complexity index is 1090. The van der Waals surface area contributed by atoms with Gasteiger partial charge in [0.05, 0.1) is 11.8 Å². The first kappa shape index (κ1) is 22.2. The zero-order chi connectivity index (χ0) is 21.9. The molecule has 0 aliphatic carbocycles. The lowest BCUT2D eigenvalue weighted by molar-refractivity contribution is 0.455. The van der Waals surface area contributed by atoms with Crippen LogP contribution in [-0.4, -0.2) is 23.2 Å². The van der Waals surface area contributed by atoms with Crippen LogP contribution in [0.3, 0.4) is 0 Å². The minimum Gasteiger partial charge on any atom is -0.321 e. The molecule has 0 fully saturated rings. The summed E-state index contributed by atoms with van der Waals surface area (Å²) < 4.78 is 28.2. The summed E-state index contributed by atoms with van der Waals surface area (Å²) in [6, 6.07) is 15.3. The molecule has 0 unspecified atom stereocenters. The second-order valence-corrected chi connectivity index (χ2v) is 10.3. The van der Waals surface area contributed by atoms with Gasteiger partial charge < -0.3 is 10.3 Å². The van der Waals surface area contributed by atoms with Gasteiger partial charge in [-0.15, -0.1) is 10.2 Å². The Morgan fingerprint density at radius 1 is 0.967 bits per heavy atom. The summed E-state index contributed by atoms with van der Waals surface area (Å²) >= 11 is 0. The van der Waals surface area contributed by atoms with Crippen LogP contribution >= 0.6 is 0 Å². The fourth-order valence-electron chi connectivity index (χ4n) is 3.74. The smallest absolute Gasteiger partial charge is 0.250 e. The number of sulfone groups is 1. The highest BCUT2D eigenvalue weighted by atomic mass is 32.2. The third-order valence-electron chi connectivity index (χ3n) is 4.84. The molecule has 1 aromatic heterocycles. The van der Waals surface area contributed by atoms with Gasteiger partial charge >= 0.3 is 0 Å². The third-order valence-corrected chi connectivity index (χ3v) is 6.41. The maximum absolute atomic E-state index is 13.3. The van der Waals surface area contributed by atoms with Gasteiger partial charge in [-0.2, -0.15) is 0 Å². The van der Waals surface area contributed by atoms with Crippen molar-refractivity contribution < 1.29 is 8.42 Å². The minimum atomic E-state index is -3.67. The number of hydrogen-bond donors (Lipinski definition) is 1. The molecule has 0 spiro atoms. The number of aromatic nitrogens is 3. The topological polar surface area (TPSA) is 90.9 Å². The highest BCUT2D eigenvalue weighted by molar-refractivity contribution is 7.90. The molecule has 0 aliphatic heterocycles. The van der Waals surface area contributed by atoms with Gasteiger partial charge in [0.2, 0.25) is 15.0 Å². The average Bonchev–Trinajstić information content (AvgIpc) is 3.05. The van der Waals surface area contributed by atoms with E-state index in [0.717, 1.165) is 22.3 Å². The molecule has 160 valence electrons. The lowest BCUT2D eigenvalue weighted by Crippen LogP contribution is -2.23. The van der Waals surface area contributed by atoms with Crippen LogP contribution in [0.15, 0.2) is 53.7 Å². The Labute approximate surface area is 179 Å². The van der Waals surface area contributed by atoms with E-state index in [0.29, 0.717) is 18.8 Å². The van der Waals surface area contributed by atoms with Gasteiger partial charge in [-0.3, -0.25) is 0 Å². The molecule has 3 aromatic rings. The molecule has 2 aromatic carbocycles. The lowest BCUT2D eigenvalue weighted by atomic mass is 10.1. The predicted molar refractivity (Wildman–Crippen MR) is 119 cm³/mol. The standard InChI is InChI=1S/C23H30N4O2S/c1-16(2)14-27-22(21(24)13-19-8-6-5-7-9-19)25-26-23(27)30(28,29)15-20-11-17(3)10-18(4)12-20/h5-12,16,21H,13-15,24H2,1-4H3/t21-/m0/s1. The molecule has 6 nitrogen and oxygen atoms in total. The van der Waals surface area contributed by atoms with Crippen molar-refractivity contribution in [3.8, 4) is 0 Å². The van der Waals surface area contributed by atoms with Crippen LogP contribution in [0.5, 0.6) is 0 Å². The SMILES string of the molecule is Cc1cc(C)cc(CS(=O)(=O)c2nnc([C@@H](N)Cc3ccccc3)n2CC(C)C)c1. The van der Waals surface area contributed by atoms with E-state index in [1.807, 2.05) is 76.2 Å². The van der Waals surface area contributed by atoms with E-state index in [9.17, 15) is 8.42 Å². The number of aryl methyl sites for hydroxylation is 2. The Kier molecular flexibility index (Phi) is 6.73. The Morgan fingerprint density at radius 3 is 2.20 bits per heavy atom. The number of rotatable bonds is 8. The molecule has 0 bridgehead atoms. The summed E-state index contributed by atoms with van der Waals surface area (Å²) in [6.45, 7) is 8.49. The van der Waals surface area contributed by atoms with Crippen molar-refractivity contribution in [2.75, 3.05) is 0 Å². The normalized spacial score (nSPS) is 13.0. The summed E-state index contributed by atoms with van der Waals surface area (Å²) in [6.07, 6.45) is 0.564. The summed E-state index contributed by atoms with van der Waals surface area (Å²) in [5.41, 5.74) is 10.3. The quantitative estimate of drug-likeness (QED) is 0.592. The largest absolute Gasteiger partial charge is 0.321 e. The van der Waals surface area contributed by atoms with Crippen molar-refractivity contribution in [3.63, 3.8) is 0 Å². The molecular formula is C23H30N4O2S. The number of nitrogens with zero attached hydrogens (tertiary/aromatic N) is 3. The molecule has 30 heavy (non-hydrogen) atoms. The first-order valence-corrected chi connectivity index (χ1v) is 11.8. The van der Waals surface area contributed by atoms with Gasteiger partial charge in [0.15, 0.2) is 5.82 Å². The van der Waals surface area contributed by atoms with Crippen molar-refractivity contribution in [2.24, 2.45) is 11.7 Å². The molecule has 0 saturated carbocycles. The zero-order valence-corrected chi connectivity index (χ0v) is 18.9. The number of hydrogen-bond acceptors (Lipinski definition) is 5. The lowest BCUT2D eigenvalue weighted by Gasteiger charge is -2.17. The van der Waals surface area contributed by atoms with Gasteiger partial charge in [0, 0.05) is 6.54 Å². The highest BCUT2D eigenvalue weighted by Crippen LogP contribution is 2.23. The fraction of sp³-hybridized carbons (Fsp3) is 0.391.